The zero-order valence-electron chi connectivity index (χ0n) is 21.3. The molecular weight excluding hydrogens is 559 g/mol. The molecule has 204 valence electrons. The lowest BCUT2D eigenvalue weighted by Crippen LogP contribution is -2.42. The molecule has 9 nitrogen and oxygen atoms in total. The summed E-state index contributed by atoms with van der Waals surface area (Å²) in [4.78, 5) is 23.7. The predicted octanol–water partition coefficient (Wildman–Crippen LogP) is 5.19. The molecule has 0 saturated carbocycles. The fourth-order valence-corrected chi connectivity index (χ4v) is 6.51. The molecule has 1 aliphatic heterocycles. The molecule has 1 fully saturated rings. The van der Waals surface area contributed by atoms with Crippen molar-refractivity contribution < 1.29 is 13.2 Å². The van der Waals surface area contributed by atoms with Gasteiger partial charge in [0.15, 0.2) is 5.65 Å². The minimum atomic E-state index is -3.83. The van der Waals surface area contributed by atoms with Crippen LogP contribution in [0.4, 0.5) is 11.5 Å². The van der Waals surface area contributed by atoms with Crippen LogP contribution >= 0.6 is 23.2 Å². The maximum Gasteiger partial charge on any atom is 0.269 e. The average molecular weight is 588 g/mol. The number of nitrogens with zero attached hydrogens (tertiary/aromatic N) is 4. The first kappa shape index (κ1) is 27.2. The van der Waals surface area contributed by atoms with Gasteiger partial charge in [0.05, 0.1) is 16.8 Å². The number of fused-ring (bicyclic) bond motifs is 1. The molecule has 1 amide bonds. The molecule has 1 atom stereocenters. The van der Waals surface area contributed by atoms with Crippen molar-refractivity contribution in [3.63, 3.8) is 0 Å². The molecule has 0 bridgehead atoms. The van der Waals surface area contributed by atoms with Crippen LogP contribution in [0.15, 0.2) is 66.0 Å². The van der Waals surface area contributed by atoms with Crippen molar-refractivity contribution in [1.29, 1.82) is 0 Å². The fourth-order valence-electron chi connectivity index (χ4n) is 4.69. The van der Waals surface area contributed by atoms with Gasteiger partial charge in [0.2, 0.25) is 5.91 Å². The van der Waals surface area contributed by atoms with Gasteiger partial charge in [-0.2, -0.15) is 0 Å². The predicted molar refractivity (Wildman–Crippen MR) is 154 cm³/mol. The topological polar surface area (TPSA) is 109 Å². The van der Waals surface area contributed by atoms with Crippen LogP contribution in [0.25, 0.3) is 11.0 Å². The van der Waals surface area contributed by atoms with E-state index in [0.717, 1.165) is 24.8 Å². The van der Waals surface area contributed by atoms with Gasteiger partial charge in [0.25, 0.3) is 10.0 Å². The minimum Gasteiger partial charge on any atom is -0.376 e. The first-order valence-corrected chi connectivity index (χ1v) is 14.8. The number of hydrogen-bond acceptors (Lipinski definition) is 7. The molecule has 2 N–H and O–H groups in total. The van der Waals surface area contributed by atoms with Crippen LogP contribution in [0.5, 0.6) is 0 Å². The normalized spacial score (nSPS) is 16.2. The summed E-state index contributed by atoms with van der Waals surface area (Å²) in [6, 6.07) is 13.4. The summed E-state index contributed by atoms with van der Waals surface area (Å²) >= 11 is 12.1. The number of carbonyl (C=O) groups excluding carboxylic acids is 1. The molecule has 2 aromatic carbocycles. The number of anilines is 2. The van der Waals surface area contributed by atoms with Crippen LogP contribution in [0.2, 0.25) is 10.0 Å². The van der Waals surface area contributed by atoms with Crippen LogP contribution in [-0.2, 0) is 14.8 Å². The number of nitrogens with one attached hydrogen (secondary N) is 2. The lowest BCUT2D eigenvalue weighted by Gasteiger charge is -2.26. The Morgan fingerprint density at radius 2 is 1.79 bits per heavy atom. The molecule has 0 aliphatic carbocycles. The fraction of sp³-hybridized carbons (Fsp3) is 0.296. The van der Waals surface area contributed by atoms with E-state index in [1.807, 2.05) is 11.8 Å². The van der Waals surface area contributed by atoms with Gasteiger partial charge in [0, 0.05) is 41.1 Å². The van der Waals surface area contributed by atoms with Crippen molar-refractivity contribution in [2.75, 3.05) is 30.3 Å². The second kappa shape index (κ2) is 11.4. The molecule has 1 aliphatic rings. The van der Waals surface area contributed by atoms with Crippen LogP contribution < -0.4 is 10.6 Å². The molecule has 0 spiro atoms. The highest BCUT2D eigenvalue weighted by atomic mass is 35.5. The van der Waals surface area contributed by atoms with E-state index in [1.54, 1.807) is 48.5 Å². The number of amides is 1. The molecule has 12 heteroatoms. The van der Waals surface area contributed by atoms with Crippen LogP contribution in [0.3, 0.4) is 0 Å². The summed E-state index contributed by atoms with van der Waals surface area (Å²) in [5.74, 6) is 0.492. The van der Waals surface area contributed by atoms with Crippen molar-refractivity contribution in [3.8, 4) is 0 Å². The molecule has 0 radical (unpaired) electrons. The van der Waals surface area contributed by atoms with Crippen LogP contribution in [0.1, 0.15) is 24.8 Å². The van der Waals surface area contributed by atoms with Gasteiger partial charge in [-0.25, -0.2) is 22.4 Å². The summed E-state index contributed by atoms with van der Waals surface area (Å²) in [5.41, 5.74) is 1.94. The highest BCUT2D eigenvalue weighted by Crippen LogP contribution is 2.27. The molecule has 2 aromatic heterocycles. The summed E-state index contributed by atoms with van der Waals surface area (Å²) in [7, 11) is -3.83. The van der Waals surface area contributed by atoms with Gasteiger partial charge in [-0.1, -0.05) is 40.9 Å². The smallest absolute Gasteiger partial charge is 0.269 e. The first-order valence-electron chi connectivity index (χ1n) is 12.6. The third-order valence-electron chi connectivity index (χ3n) is 6.70. The average Bonchev–Trinajstić information content (AvgIpc) is 3.21. The van der Waals surface area contributed by atoms with Gasteiger partial charge >= 0.3 is 0 Å². The number of aryl methyl sites for hydroxylation is 1. The Bertz CT molecular complexity index is 1590. The zero-order chi connectivity index (χ0) is 27.6. The summed E-state index contributed by atoms with van der Waals surface area (Å²) < 4.78 is 27.8. The Hall–Kier alpha value is -3.34. The molecule has 4 aromatic rings. The van der Waals surface area contributed by atoms with E-state index in [2.05, 4.69) is 20.6 Å². The quantitative estimate of drug-likeness (QED) is 0.306. The lowest BCUT2D eigenvalue weighted by atomic mass is 10.1. The highest BCUT2D eigenvalue weighted by Gasteiger charge is 2.25. The van der Waals surface area contributed by atoms with Crippen molar-refractivity contribution >= 4 is 61.7 Å². The number of carbonyl (C=O) groups is 1. The first-order chi connectivity index (χ1) is 18.7. The largest absolute Gasteiger partial charge is 0.376 e. The van der Waals surface area contributed by atoms with Gasteiger partial charge in [-0.05, 0) is 62.6 Å². The molecular formula is C27H28Cl2N6O3S. The minimum absolute atomic E-state index is 0.0389. The van der Waals surface area contributed by atoms with Crippen molar-refractivity contribution in [3.05, 3.63) is 76.7 Å². The Balaban J connectivity index is 1.31. The van der Waals surface area contributed by atoms with Crippen molar-refractivity contribution in [2.24, 2.45) is 0 Å². The van der Waals surface area contributed by atoms with Crippen LogP contribution in [-0.4, -0.2) is 58.8 Å². The molecule has 5 rings (SSSR count). The number of likely N-dealkylation sites (tertiary alicyclic amines) is 1. The van der Waals surface area contributed by atoms with E-state index in [-0.39, 0.29) is 23.4 Å². The monoisotopic (exact) mass is 586 g/mol. The summed E-state index contributed by atoms with van der Waals surface area (Å²) in [5, 5.41) is 8.13. The second-order valence-electron chi connectivity index (χ2n) is 9.58. The van der Waals surface area contributed by atoms with E-state index < -0.39 is 10.0 Å². The Morgan fingerprint density at radius 3 is 2.54 bits per heavy atom. The van der Waals surface area contributed by atoms with Crippen LogP contribution in [0, 0.1) is 6.92 Å². The van der Waals surface area contributed by atoms with Gasteiger partial charge in [-0.3, -0.25) is 4.79 Å². The third kappa shape index (κ3) is 6.13. The Morgan fingerprint density at radius 1 is 1.05 bits per heavy atom. The Kier molecular flexibility index (Phi) is 7.97. The number of rotatable bonds is 7. The van der Waals surface area contributed by atoms with Gasteiger partial charge in [0.1, 0.15) is 12.1 Å². The van der Waals surface area contributed by atoms with Crippen molar-refractivity contribution in [1.82, 2.24) is 18.8 Å². The second-order valence-corrected chi connectivity index (χ2v) is 12.3. The van der Waals surface area contributed by atoms with E-state index in [4.69, 9.17) is 23.2 Å². The molecule has 1 saturated heterocycles. The van der Waals surface area contributed by atoms with E-state index in [1.165, 1.54) is 16.5 Å². The zero-order valence-corrected chi connectivity index (χ0v) is 23.6. The summed E-state index contributed by atoms with van der Waals surface area (Å²) in [6.45, 7) is 3.16. The lowest BCUT2D eigenvalue weighted by molar-refractivity contribution is -0.129. The van der Waals surface area contributed by atoms with E-state index in [0.29, 0.717) is 45.7 Å². The number of halogens is 2. The highest BCUT2D eigenvalue weighted by molar-refractivity contribution is 7.90. The Labute approximate surface area is 237 Å². The van der Waals surface area contributed by atoms with Crippen molar-refractivity contribution in [2.45, 2.75) is 37.1 Å². The maximum absolute atomic E-state index is 13.3. The van der Waals surface area contributed by atoms with E-state index >= 15 is 0 Å². The number of aromatic nitrogens is 3. The SMILES string of the molecule is Cc1ccc(S(=O)(=O)n2ccc3c(N[C@@H]4CCCCN(C(=O)CNc5cc(Cl)cc(Cl)c5)C4)ncnc32)cc1. The van der Waals surface area contributed by atoms with E-state index in [9.17, 15) is 13.2 Å². The molecule has 39 heavy (non-hydrogen) atoms. The maximum atomic E-state index is 13.3. The molecule has 3 heterocycles. The van der Waals surface area contributed by atoms with Gasteiger partial charge in [-0.15, -0.1) is 0 Å². The van der Waals surface area contributed by atoms with Gasteiger partial charge < -0.3 is 15.5 Å². The standard InChI is InChI=1S/C27H28Cl2N6O3S/c1-18-5-7-23(8-6-18)39(37,38)35-11-9-24-26(31-17-32-27(24)35)33-21-4-2-3-10-34(16-21)25(36)15-30-22-13-19(28)12-20(29)14-22/h5-9,11-14,17,21,30H,2-4,10,15-16H2,1H3,(H,31,32,33)/t21-/m1/s1. The number of benzene rings is 2. The third-order valence-corrected chi connectivity index (χ3v) is 8.81. The molecule has 0 unspecified atom stereocenters. The summed E-state index contributed by atoms with van der Waals surface area (Å²) in [6.07, 6.45) is 5.52. The number of hydrogen-bond donors (Lipinski definition) is 2.